The van der Waals surface area contributed by atoms with Gasteiger partial charge in [0.1, 0.15) is 5.69 Å². The monoisotopic (exact) mass is 413 g/mol. The number of likely N-dealkylation sites (tertiary alicyclic amines) is 1. The fraction of sp³-hybridized carbons (Fsp3) is 0.714. The quantitative estimate of drug-likeness (QED) is 0.788. The molecule has 1 N–H and O–H groups in total. The fourth-order valence-corrected chi connectivity index (χ4v) is 5.89. The van der Waals surface area contributed by atoms with Gasteiger partial charge in [0, 0.05) is 51.9 Å². The van der Waals surface area contributed by atoms with Crippen molar-refractivity contribution in [2.45, 2.75) is 51.2 Å². The van der Waals surface area contributed by atoms with E-state index in [4.69, 9.17) is 4.42 Å². The molecular weight excluding hydrogens is 382 g/mol. The summed E-state index contributed by atoms with van der Waals surface area (Å²) >= 11 is 0. The molecular formula is C21H31N7O2. The van der Waals surface area contributed by atoms with E-state index < -0.39 is 0 Å². The van der Waals surface area contributed by atoms with Crippen molar-refractivity contribution >= 4 is 5.91 Å². The second-order valence-electron chi connectivity index (χ2n) is 9.08. The number of nitrogens with zero attached hydrogens (tertiary/aromatic N) is 6. The Labute approximate surface area is 176 Å². The Morgan fingerprint density at radius 3 is 2.90 bits per heavy atom. The first-order valence-electron chi connectivity index (χ1n) is 11.1. The molecule has 4 atom stereocenters. The predicted octanol–water partition coefficient (Wildman–Crippen LogP) is 1.22. The lowest BCUT2D eigenvalue weighted by molar-refractivity contribution is -0.0730. The number of hydrogen-bond acceptors (Lipinski definition) is 7. The first kappa shape index (κ1) is 19.7. The van der Waals surface area contributed by atoms with Gasteiger partial charge in [-0.25, -0.2) is 0 Å². The zero-order valence-corrected chi connectivity index (χ0v) is 17.8. The lowest BCUT2D eigenvalue weighted by Gasteiger charge is -2.56. The van der Waals surface area contributed by atoms with Gasteiger partial charge >= 0.3 is 0 Å². The van der Waals surface area contributed by atoms with Gasteiger partial charge in [-0.1, -0.05) is 6.42 Å². The van der Waals surface area contributed by atoms with Crippen molar-refractivity contribution in [3.63, 3.8) is 0 Å². The number of amides is 1. The van der Waals surface area contributed by atoms with Crippen LogP contribution in [-0.4, -0.2) is 73.9 Å². The largest absolute Gasteiger partial charge is 0.424 e. The molecule has 0 radical (unpaired) electrons. The predicted molar refractivity (Wildman–Crippen MR) is 110 cm³/mol. The number of rotatable bonds is 5. The van der Waals surface area contributed by atoms with Gasteiger partial charge in [-0.15, -0.1) is 10.2 Å². The lowest BCUT2D eigenvalue weighted by Crippen LogP contribution is -2.65. The summed E-state index contributed by atoms with van der Waals surface area (Å²) in [6, 6.07) is 2.75. The van der Waals surface area contributed by atoms with Gasteiger partial charge in [0.15, 0.2) is 0 Å². The van der Waals surface area contributed by atoms with Gasteiger partial charge in [0.25, 0.3) is 5.91 Å². The molecule has 3 aliphatic heterocycles. The van der Waals surface area contributed by atoms with Crippen molar-refractivity contribution in [3.05, 3.63) is 29.7 Å². The van der Waals surface area contributed by atoms with Crippen LogP contribution in [0.2, 0.25) is 0 Å². The molecule has 2 aromatic heterocycles. The molecule has 9 nitrogen and oxygen atoms in total. The van der Waals surface area contributed by atoms with Crippen LogP contribution in [0, 0.1) is 18.8 Å². The maximum atomic E-state index is 12.7. The van der Waals surface area contributed by atoms with Crippen LogP contribution in [0.1, 0.15) is 48.0 Å². The Bertz CT molecular complexity index is 894. The average molecular weight is 414 g/mol. The minimum atomic E-state index is -0.0420. The minimum absolute atomic E-state index is 0.0420. The third kappa shape index (κ3) is 3.76. The number of carbonyl (C=O) groups excluding carboxylic acids is 1. The highest BCUT2D eigenvalue weighted by Gasteiger charge is 2.47. The number of piperidine rings is 3. The highest BCUT2D eigenvalue weighted by Crippen LogP contribution is 2.41. The number of hydrogen-bond donors (Lipinski definition) is 1. The highest BCUT2D eigenvalue weighted by atomic mass is 16.4. The summed E-state index contributed by atoms with van der Waals surface area (Å²) in [5.41, 5.74) is 0.607. The summed E-state index contributed by atoms with van der Waals surface area (Å²) < 4.78 is 7.26. The third-order valence-electron chi connectivity index (χ3n) is 7.15. The van der Waals surface area contributed by atoms with Crippen molar-refractivity contribution in [3.8, 4) is 0 Å². The van der Waals surface area contributed by atoms with Gasteiger partial charge in [0.05, 0.1) is 6.54 Å². The third-order valence-corrected chi connectivity index (χ3v) is 7.15. The molecule has 162 valence electrons. The van der Waals surface area contributed by atoms with Crippen molar-refractivity contribution in [2.24, 2.45) is 18.9 Å². The van der Waals surface area contributed by atoms with E-state index >= 15 is 0 Å². The average Bonchev–Trinajstić information content (AvgIpc) is 3.35. The van der Waals surface area contributed by atoms with Gasteiger partial charge in [0.2, 0.25) is 11.8 Å². The Morgan fingerprint density at radius 2 is 2.13 bits per heavy atom. The summed E-state index contributed by atoms with van der Waals surface area (Å²) in [6.45, 7) is 6.48. The van der Waals surface area contributed by atoms with Gasteiger partial charge in [-0.2, -0.15) is 5.10 Å². The number of aromatic nitrogens is 4. The summed E-state index contributed by atoms with van der Waals surface area (Å²) in [7, 11) is 1.80. The standard InChI is InChI=1S/C21H31N7O2/c1-14-24-25-20(30-14)13-27-11-15-9-16(12-27)19(28-8-4-3-5-17(15)28)10-22-21(29)18-6-7-23-26(18)2/h6-7,15-17,19H,3-5,8-13H2,1-2H3,(H,22,29)/t15-,16+,17+,19+/m1/s1. The maximum Gasteiger partial charge on any atom is 0.269 e. The molecule has 5 rings (SSSR count). The molecule has 3 fully saturated rings. The van der Waals surface area contributed by atoms with E-state index in [-0.39, 0.29) is 5.91 Å². The van der Waals surface area contributed by atoms with Crippen LogP contribution in [0.5, 0.6) is 0 Å². The zero-order chi connectivity index (χ0) is 20.7. The molecule has 3 aliphatic rings. The number of carbonyl (C=O) groups is 1. The Morgan fingerprint density at radius 1 is 1.27 bits per heavy atom. The summed E-state index contributed by atoms with van der Waals surface area (Å²) in [6.07, 6.45) is 6.73. The summed E-state index contributed by atoms with van der Waals surface area (Å²) in [5, 5.41) is 15.5. The smallest absolute Gasteiger partial charge is 0.269 e. The second-order valence-corrected chi connectivity index (χ2v) is 9.08. The Kier molecular flexibility index (Phi) is 5.32. The van der Waals surface area contributed by atoms with Crippen LogP contribution in [0.25, 0.3) is 0 Å². The van der Waals surface area contributed by atoms with E-state index in [0.717, 1.165) is 19.6 Å². The molecule has 2 aromatic rings. The van der Waals surface area contributed by atoms with Crippen molar-refractivity contribution in [1.29, 1.82) is 0 Å². The zero-order valence-electron chi connectivity index (χ0n) is 17.8. The highest BCUT2D eigenvalue weighted by molar-refractivity contribution is 5.92. The van der Waals surface area contributed by atoms with E-state index in [1.54, 1.807) is 24.0 Å². The van der Waals surface area contributed by atoms with Crippen molar-refractivity contribution < 1.29 is 9.21 Å². The molecule has 0 aliphatic carbocycles. The topological polar surface area (TPSA) is 92.3 Å². The van der Waals surface area contributed by atoms with Crippen LogP contribution in [0.3, 0.4) is 0 Å². The molecule has 5 heterocycles. The van der Waals surface area contributed by atoms with Gasteiger partial charge in [-0.3, -0.25) is 19.3 Å². The van der Waals surface area contributed by atoms with Crippen LogP contribution in [0.15, 0.2) is 16.7 Å². The molecule has 0 saturated carbocycles. The first-order chi connectivity index (χ1) is 14.6. The molecule has 2 bridgehead atoms. The van der Waals surface area contributed by atoms with E-state index in [2.05, 4.69) is 30.4 Å². The van der Waals surface area contributed by atoms with Gasteiger partial charge < -0.3 is 9.73 Å². The molecule has 9 heteroatoms. The fourth-order valence-electron chi connectivity index (χ4n) is 5.89. The molecule has 0 aromatic carbocycles. The van der Waals surface area contributed by atoms with Crippen LogP contribution >= 0.6 is 0 Å². The van der Waals surface area contributed by atoms with E-state index in [9.17, 15) is 4.79 Å². The molecule has 3 saturated heterocycles. The van der Waals surface area contributed by atoms with Crippen LogP contribution in [0.4, 0.5) is 0 Å². The van der Waals surface area contributed by atoms with Crippen molar-refractivity contribution in [1.82, 2.24) is 35.1 Å². The minimum Gasteiger partial charge on any atom is -0.424 e. The molecule has 0 unspecified atom stereocenters. The summed E-state index contributed by atoms with van der Waals surface area (Å²) in [5.74, 6) is 2.50. The lowest BCUT2D eigenvalue weighted by atomic mass is 9.72. The van der Waals surface area contributed by atoms with Crippen LogP contribution < -0.4 is 5.32 Å². The number of nitrogens with one attached hydrogen (secondary N) is 1. The molecule has 0 spiro atoms. The van der Waals surface area contributed by atoms with Gasteiger partial charge in [-0.05, 0) is 43.7 Å². The molecule has 1 amide bonds. The van der Waals surface area contributed by atoms with E-state index in [0.29, 0.717) is 54.5 Å². The molecule has 30 heavy (non-hydrogen) atoms. The van der Waals surface area contributed by atoms with Crippen LogP contribution in [-0.2, 0) is 13.6 Å². The SMILES string of the molecule is Cc1nnc(CN2C[C@H]3C[C@@H](C2)[C@H](CNC(=O)c2ccnn2C)N2CCCC[C@@H]32)o1. The Hall–Kier alpha value is -2.26. The van der Waals surface area contributed by atoms with Crippen molar-refractivity contribution in [2.75, 3.05) is 26.2 Å². The Balaban J connectivity index is 1.30. The summed E-state index contributed by atoms with van der Waals surface area (Å²) in [4.78, 5) is 17.9. The van der Waals surface area contributed by atoms with E-state index in [1.807, 2.05) is 6.92 Å². The van der Waals surface area contributed by atoms with E-state index in [1.165, 1.54) is 25.7 Å². The number of fused-ring (bicyclic) bond motifs is 4. The second kappa shape index (κ2) is 8.11. The maximum absolute atomic E-state index is 12.7. The number of aryl methyl sites for hydroxylation is 2. The normalized spacial score (nSPS) is 29.5. The first-order valence-corrected chi connectivity index (χ1v) is 11.1.